The van der Waals surface area contributed by atoms with Crippen LogP contribution < -0.4 is 5.32 Å². The Morgan fingerprint density at radius 2 is 2.33 bits per heavy atom. The molecule has 0 spiro atoms. The molecule has 0 aliphatic carbocycles. The van der Waals surface area contributed by atoms with E-state index in [1.807, 2.05) is 30.5 Å². The van der Waals surface area contributed by atoms with Gasteiger partial charge in [-0.2, -0.15) is 5.10 Å². The zero-order valence-electron chi connectivity index (χ0n) is 11.6. The van der Waals surface area contributed by atoms with Crippen molar-refractivity contribution < 1.29 is 9.53 Å². The Morgan fingerprint density at radius 3 is 2.89 bits per heavy atom. The fraction of sp³-hybridized carbons (Fsp3) is 0.667. The van der Waals surface area contributed by atoms with E-state index in [4.69, 9.17) is 4.74 Å². The number of likely N-dealkylation sites (N-methyl/N-ethyl adjacent to an activating group) is 1. The number of aryl methyl sites for hydroxylation is 1. The molecule has 1 aromatic rings. The van der Waals surface area contributed by atoms with Crippen molar-refractivity contribution in [3.05, 3.63) is 11.9 Å². The summed E-state index contributed by atoms with van der Waals surface area (Å²) in [5, 5.41) is 7.05. The van der Waals surface area contributed by atoms with E-state index in [2.05, 4.69) is 10.4 Å². The van der Waals surface area contributed by atoms with Crippen LogP contribution in [-0.4, -0.2) is 54.4 Å². The predicted molar refractivity (Wildman–Crippen MR) is 70.6 cm³/mol. The topological polar surface area (TPSA) is 59.4 Å². The van der Waals surface area contributed by atoms with Crippen molar-refractivity contribution in [1.82, 2.24) is 14.7 Å². The summed E-state index contributed by atoms with van der Waals surface area (Å²) in [5.41, 5.74) is 1.76. The molecule has 0 aliphatic heterocycles. The van der Waals surface area contributed by atoms with E-state index in [-0.39, 0.29) is 5.91 Å². The second-order valence-corrected chi connectivity index (χ2v) is 4.24. The molecule has 6 heteroatoms. The summed E-state index contributed by atoms with van der Waals surface area (Å²) in [6.07, 6.45) is 1.69. The van der Waals surface area contributed by atoms with Crippen LogP contribution in [0.2, 0.25) is 0 Å². The summed E-state index contributed by atoms with van der Waals surface area (Å²) in [4.78, 5) is 13.7. The predicted octanol–water partition coefficient (Wildman–Crippen LogP) is 0.728. The van der Waals surface area contributed by atoms with Crippen molar-refractivity contribution in [2.45, 2.75) is 20.4 Å². The first-order valence-corrected chi connectivity index (χ1v) is 6.08. The molecule has 18 heavy (non-hydrogen) atoms. The maximum absolute atomic E-state index is 11.8. The molecule has 0 aliphatic rings. The largest absolute Gasteiger partial charge is 0.383 e. The lowest BCUT2D eigenvalue weighted by molar-refractivity contribution is -0.117. The fourth-order valence-corrected chi connectivity index (χ4v) is 1.65. The molecule has 0 radical (unpaired) electrons. The average molecular weight is 254 g/mol. The van der Waals surface area contributed by atoms with Gasteiger partial charge in [-0.25, -0.2) is 0 Å². The van der Waals surface area contributed by atoms with E-state index in [0.717, 1.165) is 24.5 Å². The minimum absolute atomic E-state index is 0.0349. The van der Waals surface area contributed by atoms with Crippen molar-refractivity contribution in [3.8, 4) is 0 Å². The summed E-state index contributed by atoms with van der Waals surface area (Å²) in [6.45, 7) is 6.47. The van der Waals surface area contributed by atoms with E-state index >= 15 is 0 Å². The van der Waals surface area contributed by atoms with Crippen LogP contribution in [0.25, 0.3) is 0 Å². The normalized spacial score (nSPS) is 10.9. The number of nitrogens with zero attached hydrogens (tertiary/aromatic N) is 3. The lowest BCUT2D eigenvalue weighted by Gasteiger charge is -2.15. The second kappa shape index (κ2) is 7.13. The third-order valence-electron chi connectivity index (χ3n) is 2.77. The molecule has 1 rings (SSSR count). The van der Waals surface area contributed by atoms with E-state index in [9.17, 15) is 4.79 Å². The van der Waals surface area contributed by atoms with Gasteiger partial charge in [0.25, 0.3) is 0 Å². The number of methoxy groups -OCH3 is 1. The van der Waals surface area contributed by atoms with E-state index in [1.165, 1.54) is 0 Å². The Hall–Kier alpha value is -1.40. The van der Waals surface area contributed by atoms with Gasteiger partial charge in [0.05, 0.1) is 30.7 Å². The van der Waals surface area contributed by atoms with E-state index < -0.39 is 0 Å². The van der Waals surface area contributed by atoms with Gasteiger partial charge >= 0.3 is 0 Å². The molecule has 0 bridgehead atoms. The van der Waals surface area contributed by atoms with E-state index in [0.29, 0.717) is 13.2 Å². The van der Waals surface area contributed by atoms with Crippen LogP contribution in [0, 0.1) is 6.92 Å². The summed E-state index contributed by atoms with van der Waals surface area (Å²) < 4.78 is 6.81. The number of ether oxygens (including phenoxy) is 1. The van der Waals surface area contributed by atoms with Crippen molar-refractivity contribution >= 4 is 11.6 Å². The highest BCUT2D eigenvalue weighted by Gasteiger charge is 2.10. The number of hydrogen-bond donors (Lipinski definition) is 1. The van der Waals surface area contributed by atoms with Crippen molar-refractivity contribution in [3.63, 3.8) is 0 Å². The summed E-state index contributed by atoms with van der Waals surface area (Å²) in [7, 11) is 3.54. The standard InChI is InChI=1S/C12H22N4O2/c1-5-16-10(2)11(8-13-16)14-12(17)9-15(3)6-7-18-4/h8H,5-7,9H2,1-4H3,(H,14,17). The molecule has 102 valence electrons. The average Bonchev–Trinajstić information content (AvgIpc) is 2.67. The SMILES string of the molecule is CCn1ncc(NC(=O)CN(C)CCOC)c1C. The molecule has 6 nitrogen and oxygen atoms in total. The summed E-state index contributed by atoms with van der Waals surface area (Å²) in [5.74, 6) is -0.0349. The molecule has 0 saturated carbocycles. The number of hydrogen-bond acceptors (Lipinski definition) is 4. The monoisotopic (exact) mass is 254 g/mol. The van der Waals surface area contributed by atoms with E-state index in [1.54, 1.807) is 13.3 Å². The second-order valence-electron chi connectivity index (χ2n) is 4.24. The van der Waals surface area contributed by atoms with Crippen molar-refractivity contribution in [1.29, 1.82) is 0 Å². The molecule has 0 saturated heterocycles. The molecular formula is C12H22N4O2. The number of amides is 1. The fourth-order valence-electron chi connectivity index (χ4n) is 1.65. The molecule has 1 N–H and O–H groups in total. The first-order chi connectivity index (χ1) is 8.58. The highest BCUT2D eigenvalue weighted by Crippen LogP contribution is 2.12. The van der Waals surface area contributed by atoms with Gasteiger partial charge in [0, 0.05) is 20.2 Å². The maximum atomic E-state index is 11.8. The molecule has 0 unspecified atom stereocenters. The molecule has 0 atom stereocenters. The Kier molecular flexibility index (Phi) is 5.80. The van der Waals surface area contributed by atoms with Gasteiger partial charge in [0.15, 0.2) is 0 Å². The van der Waals surface area contributed by atoms with Crippen LogP contribution in [0.15, 0.2) is 6.20 Å². The van der Waals surface area contributed by atoms with Gasteiger partial charge in [0.1, 0.15) is 0 Å². The molecule has 1 aromatic heterocycles. The molecular weight excluding hydrogens is 232 g/mol. The van der Waals surface area contributed by atoms with Gasteiger partial charge in [-0.3, -0.25) is 14.4 Å². The third kappa shape index (κ3) is 4.12. The molecule has 0 fully saturated rings. The number of anilines is 1. The highest BCUT2D eigenvalue weighted by molar-refractivity contribution is 5.92. The minimum atomic E-state index is -0.0349. The summed E-state index contributed by atoms with van der Waals surface area (Å²) >= 11 is 0. The molecule has 0 aromatic carbocycles. The number of carbonyl (C=O) groups excluding carboxylic acids is 1. The Labute approximate surface area is 108 Å². The number of aromatic nitrogens is 2. The van der Waals surface area contributed by atoms with Crippen molar-refractivity contribution in [2.24, 2.45) is 0 Å². The first kappa shape index (κ1) is 14.7. The van der Waals surface area contributed by atoms with Crippen molar-refractivity contribution in [2.75, 3.05) is 39.2 Å². The number of rotatable bonds is 7. The zero-order valence-corrected chi connectivity index (χ0v) is 11.6. The smallest absolute Gasteiger partial charge is 0.238 e. The van der Waals surface area contributed by atoms with Gasteiger partial charge in [0.2, 0.25) is 5.91 Å². The highest BCUT2D eigenvalue weighted by atomic mass is 16.5. The Morgan fingerprint density at radius 1 is 1.61 bits per heavy atom. The van der Waals surface area contributed by atoms with Gasteiger partial charge in [-0.1, -0.05) is 0 Å². The first-order valence-electron chi connectivity index (χ1n) is 6.08. The minimum Gasteiger partial charge on any atom is -0.383 e. The summed E-state index contributed by atoms with van der Waals surface area (Å²) in [6, 6.07) is 0. The lowest BCUT2D eigenvalue weighted by Crippen LogP contribution is -2.32. The van der Waals surface area contributed by atoms with Gasteiger partial charge in [-0.15, -0.1) is 0 Å². The number of nitrogens with one attached hydrogen (secondary N) is 1. The van der Waals surface area contributed by atoms with Crippen LogP contribution in [0.4, 0.5) is 5.69 Å². The lowest BCUT2D eigenvalue weighted by atomic mass is 10.3. The van der Waals surface area contributed by atoms with Gasteiger partial charge in [-0.05, 0) is 20.9 Å². The maximum Gasteiger partial charge on any atom is 0.238 e. The van der Waals surface area contributed by atoms with Crippen LogP contribution in [0.5, 0.6) is 0 Å². The van der Waals surface area contributed by atoms with Crippen LogP contribution in [-0.2, 0) is 16.1 Å². The zero-order chi connectivity index (χ0) is 13.5. The van der Waals surface area contributed by atoms with Crippen LogP contribution in [0.3, 0.4) is 0 Å². The van der Waals surface area contributed by atoms with Gasteiger partial charge < -0.3 is 10.1 Å². The Balaban J connectivity index is 2.46. The van der Waals surface area contributed by atoms with Crippen LogP contribution in [0.1, 0.15) is 12.6 Å². The van der Waals surface area contributed by atoms with Crippen LogP contribution >= 0.6 is 0 Å². The Bertz CT molecular complexity index is 389. The quantitative estimate of drug-likeness (QED) is 0.779. The number of carbonyl (C=O) groups is 1. The molecule has 1 heterocycles. The molecule has 1 amide bonds. The third-order valence-corrected chi connectivity index (χ3v) is 2.77.